The fourth-order valence-electron chi connectivity index (χ4n) is 2.25. The topological polar surface area (TPSA) is 61.2 Å². The fourth-order valence-corrected chi connectivity index (χ4v) is 2.78. The van der Waals surface area contributed by atoms with Crippen LogP contribution in [0.5, 0.6) is 0 Å². The van der Waals surface area contributed by atoms with Gasteiger partial charge in [-0.05, 0) is 29.3 Å². The Morgan fingerprint density at radius 1 is 1.25 bits per heavy atom. The van der Waals surface area contributed by atoms with Gasteiger partial charge in [0.2, 0.25) is 0 Å². The Morgan fingerprint density at radius 3 is 2.75 bits per heavy atom. The average molecular weight is 333 g/mol. The number of oxazole rings is 1. The number of fused-ring (bicyclic) bond motifs is 1. The third kappa shape index (κ3) is 2.09. The number of benzene rings is 2. The van der Waals surface area contributed by atoms with Crippen molar-refractivity contribution in [2.24, 2.45) is 12.8 Å². The number of nitrogens with zero attached hydrogens (tertiary/aromatic N) is 1. The zero-order valence-electron chi connectivity index (χ0n) is 10.8. The first kappa shape index (κ1) is 13.1. The number of aromatic nitrogens is 1. The quantitative estimate of drug-likeness (QED) is 0.784. The van der Waals surface area contributed by atoms with Crippen LogP contribution in [-0.4, -0.2) is 4.57 Å². The Bertz CT molecular complexity index is 835. The van der Waals surface area contributed by atoms with E-state index in [0.717, 1.165) is 21.1 Å². The molecule has 1 unspecified atom stereocenters. The lowest BCUT2D eigenvalue weighted by molar-refractivity contribution is 0.527. The van der Waals surface area contributed by atoms with Crippen molar-refractivity contribution < 1.29 is 4.42 Å². The molecule has 3 aromatic rings. The first-order chi connectivity index (χ1) is 9.58. The van der Waals surface area contributed by atoms with E-state index in [1.165, 1.54) is 4.57 Å². The molecule has 0 aliphatic rings. The van der Waals surface area contributed by atoms with Crippen molar-refractivity contribution in [3.8, 4) is 0 Å². The number of rotatable bonds is 2. The summed E-state index contributed by atoms with van der Waals surface area (Å²) in [7, 11) is 1.68. The molecule has 5 heteroatoms. The van der Waals surface area contributed by atoms with Gasteiger partial charge in [0, 0.05) is 11.5 Å². The number of hydrogen-bond acceptors (Lipinski definition) is 3. The lowest BCUT2D eigenvalue weighted by Gasteiger charge is -2.14. The summed E-state index contributed by atoms with van der Waals surface area (Å²) >= 11 is 3.50. The minimum absolute atomic E-state index is 0.277. The van der Waals surface area contributed by atoms with Crippen molar-refractivity contribution in [2.75, 3.05) is 0 Å². The second kappa shape index (κ2) is 4.92. The maximum atomic E-state index is 11.5. The standard InChI is InChI=1S/C15H13BrN2O2/c1-18-12-7-6-9(8-13(12)20-15(18)19)14(17)10-4-2-3-5-11(10)16/h2-8,14H,17H2,1H3. The van der Waals surface area contributed by atoms with Crippen molar-refractivity contribution in [3.63, 3.8) is 0 Å². The van der Waals surface area contributed by atoms with Gasteiger partial charge in [-0.2, -0.15) is 0 Å². The van der Waals surface area contributed by atoms with Crippen molar-refractivity contribution in [2.45, 2.75) is 6.04 Å². The molecular formula is C15H13BrN2O2. The molecule has 0 spiro atoms. The van der Waals surface area contributed by atoms with Gasteiger partial charge in [-0.1, -0.05) is 40.2 Å². The van der Waals surface area contributed by atoms with Crippen LogP contribution < -0.4 is 11.5 Å². The third-order valence-electron chi connectivity index (χ3n) is 3.42. The number of hydrogen-bond donors (Lipinski definition) is 1. The predicted octanol–water partition coefficient (Wildman–Crippen LogP) is 2.94. The van der Waals surface area contributed by atoms with Gasteiger partial charge in [-0.15, -0.1) is 0 Å². The molecule has 0 amide bonds. The summed E-state index contributed by atoms with van der Waals surface area (Å²) in [5.74, 6) is -0.369. The molecule has 2 N–H and O–H groups in total. The van der Waals surface area contributed by atoms with Gasteiger partial charge in [0.1, 0.15) is 0 Å². The van der Waals surface area contributed by atoms with Crippen LogP contribution in [0.1, 0.15) is 17.2 Å². The van der Waals surface area contributed by atoms with E-state index in [1.807, 2.05) is 42.5 Å². The van der Waals surface area contributed by atoms with E-state index in [2.05, 4.69) is 15.9 Å². The van der Waals surface area contributed by atoms with Crippen molar-refractivity contribution in [1.29, 1.82) is 0 Å². The van der Waals surface area contributed by atoms with Gasteiger partial charge in [0.05, 0.1) is 11.6 Å². The second-order valence-corrected chi connectivity index (χ2v) is 5.51. The highest BCUT2D eigenvalue weighted by Gasteiger charge is 2.14. The molecule has 1 heterocycles. The number of halogens is 1. The molecule has 0 radical (unpaired) electrons. The second-order valence-electron chi connectivity index (χ2n) is 4.65. The Hall–Kier alpha value is -1.85. The van der Waals surface area contributed by atoms with E-state index < -0.39 is 0 Å². The van der Waals surface area contributed by atoms with E-state index in [1.54, 1.807) is 7.05 Å². The van der Waals surface area contributed by atoms with E-state index in [0.29, 0.717) is 5.58 Å². The van der Waals surface area contributed by atoms with Crippen LogP contribution in [0, 0.1) is 0 Å². The summed E-state index contributed by atoms with van der Waals surface area (Å²) in [5, 5.41) is 0. The molecule has 0 saturated heterocycles. The van der Waals surface area contributed by atoms with Crippen LogP contribution >= 0.6 is 15.9 Å². The molecule has 0 aliphatic heterocycles. The number of aryl methyl sites for hydroxylation is 1. The Morgan fingerprint density at radius 2 is 2.00 bits per heavy atom. The minimum atomic E-state index is -0.369. The van der Waals surface area contributed by atoms with E-state index in [-0.39, 0.29) is 11.8 Å². The molecule has 3 rings (SSSR count). The fraction of sp³-hybridized carbons (Fsp3) is 0.133. The molecule has 4 nitrogen and oxygen atoms in total. The highest BCUT2D eigenvalue weighted by atomic mass is 79.9. The first-order valence-electron chi connectivity index (χ1n) is 6.17. The van der Waals surface area contributed by atoms with Crippen molar-refractivity contribution in [3.05, 3.63) is 68.6 Å². The Kier molecular flexibility index (Phi) is 3.23. The average Bonchev–Trinajstić information content (AvgIpc) is 2.73. The number of nitrogens with two attached hydrogens (primary N) is 1. The van der Waals surface area contributed by atoms with Crippen LogP contribution in [0.3, 0.4) is 0 Å². The van der Waals surface area contributed by atoms with Gasteiger partial charge in [0.15, 0.2) is 5.58 Å². The van der Waals surface area contributed by atoms with Crippen LogP contribution in [0.4, 0.5) is 0 Å². The zero-order chi connectivity index (χ0) is 14.3. The molecule has 0 fully saturated rings. The summed E-state index contributed by atoms with van der Waals surface area (Å²) in [6, 6.07) is 13.1. The van der Waals surface area contributed by atoms with E-state index >= 15 is 0 Å². The molecule has 1 aromatic heterocycles. The summed E-state index contributed by atoms with van der Waals surface area (Å²) < 4.78 is 7.63. The predicted molar refractivity (Wildman–Crippen MR) is 81.6 cm³/mol. The molecule has 0 saturated carbocycles. The van der Waals surface area contributed by atoms with Gasteiger partial charge in [0.25, 0.3) is 0 Å². The molecule has 20 heavy (non-hydrogen) atoms. The van der Waals surface area contributed by atoms with E-state index in [4.69, 9.17) is 10.2 Å². The van der Waals surface area contributed by atoms with E-state index in [9.17, 15) is 4.79 Å². The summed E-state index contributed by atoms with van der Waals surface area (Å²) in [6.45, 7) is 0. The lowest BCUT2D eigenvalue weighted by Crippen LogP contribution is -2.12. The zero-order valence-corrected chi connectivity index (χ0v) is 12.4. The van der Waals surface area contributed by atoms with Crippen LogP contribution in [0.15, 0.2) is 56.1 Å². The van der Waals surface area contributed by atoms with Gasteiger partial charge >= 0.3 is 5.76 Å². The Labute approximate surface area is 123 Å². The minimum Gasteiger partial charge on any atom is -0.408 e. The normalized spacial score (nSPS) is 12.8. The van der Waals surface area contributed by atoms with Gasteiger partial charge in [-0.25, -0.2) is 4.79 Å². The maximum Gasteiger partial charge on any atom is 0.419 e. The molecule has 0 aliphatic carbocycles. The van der Waals surface area contributed by atoms with Gasteiger partial charge < -0.3 is 10.2 Å². The van der Waals surface area contributed by atoms with Crippen LogP contribution in [0.2, 0.25) is 0 Å². The molecule has 102 valence electrons. The third-order valence-corrected chi connectivity index (χ3v) is 4.14. The summed E-state index contributed by atoms with van der Waals surface area (Å²) in [5.41, 5.74) is 9.50. The molecule has 0 bridgehead atoms. The van der Waals surface area contributed by atoms with Gasteiger partial charge in [-0.3, -0.25) is 4.57 Å². The maximum absolute atomic E-state index is 11.5. The monoisotopic (exact) mass is 332 g/mol. The van der Waals surface area contributed by atoms with Crippen molar-refractivity contribution in [1.82, 2.24) is 4.57 Å². The lowest BCUT2D eigenvalue weighted by atomic mass is 9.99. The molecular weight excluding hydrogens is 320 g/mol. The largest absolute Gasteiger partial charge is 0.419 e. The highest BCUT2D eigenvalue weighted by Crippen LogP contribution is 2.28. The molecule has 1 atom stereocenters. The van der Waals surface area contributed by atoms with Crippen LogP contribution in [-0.2, 0) is 7.05 Å². The Balaban J connectivity index is 2.11. The SMILES string of the molecule is Cn1c(=O)oc2cc(C(N)c3ccccc3Br)ccc21. The summed E-state index contributed by atoms with van der Waals surface area (Å²) in [6.07, 6.45) is 0. The van der Waals surface area contributed by atoms with Crippen LogP contribution in [0.25, 0.3) is 11.1 Å². The smallest absolute Gasteiger partial charge is 0.408 e. The molecule has 2 aromatic carbocycles. The highest BCUT2D eigenvalue weighted by molar-refractivity contribution is 9.10. The summed E-state index contributed by atoms with van der Waals surface area (Å²) in [4.78, 5) is 11.5. The first-order valence-corrected chi connectivity index (χ1v) is 6.96. The van der Waals surface area contributed by atoms with Crippen molar-refractivity contribution >= 4 is 27.0 Å².